The summed E-state index contributed by atoms with van der Waals surface area (Å²) in [5.41, 5.74) is 0. The summed E-state index contributed by atoms with van der Waals surface area (Å²) in [6, 6.07) is 7.50. The van der Waals surface area contributed by atoms with E-state index < -0.39 is 0 Å². The van der Waals surface area contributed by atoms with Crippen LogP contribution < -0.4 is 14.8 Å². The molecule has 0 aromatic heterocycles. The molecule has 2 rings (SSSR count). The van der Waals surface area contributed by atoms with Gasteiger partial charge in [0, 0.05) is 0 Å². The quantitative estimate of drug-likeness (QED) is 0.777. The van der Waals surface area contributed by atoms with Crippen molar-refractivity contribution in [3.63, 3.8) is 0 Å². The van der Waals surface area contributed by atoms with Crippen LogP contribution in [0.1, 0.15) is 19.3 Å². The first kappa shape index (κ1) is 15.6. The van der Waals surface area contributed by atoms with E-state index in [1.165, 1.54) is 19.3 Å². The molecule has 1 saturated heterocycles. The summed E-state index contributed by atoms with van der Waals surface area (Å²) in [6.45, 7) is 3.50. The largest absolute Gasteiger partial charge is 0.493 e. The molecule has 116 valence electrons. The number of ether oxygens (including phenoxy) is 2. The Bertz CT molecular complexity index is 445. The third-order valence-corrected chi connectivity index (χ3v) is 3.57. The Morgan fingerprint density at radius 2 is 1.90 bits per heavy atom. The molecule has 5 nitrogen and oxygen atoms in total. The van der Waals surface area contributed by atoms with Crippen LogP contribution in [0.4, 0.5) is 0 Å². The van der Waals surface area contributed by atoms with Gasteiger partial charge in [-0.2, -0.15) is 0 Å². The summed E-state index contributed by atoms with van der Waals surface area (Å²) in [7, 11) is 1.61. The first-order chi connectivity index (χ1) is 10.3. The lowest BCUT2D eigenvalue weighted by atomic mass is 10.1. The van der Waals surface area contributed by atoms with Crippen molar-refractivity contribution in [2.24, 2.45) is 0 Å². The smallest absolute Gasteiger partial charge is 0.234 e. The highest BCUT2D eigenvalue weighted by Gasteiger charge is 2.13. The standard InChI is InChI=1S/C16H24N2O3/c1-20-14-7-3-4-8-15(14)21-12-9-17-16(19)13-18-10-5-2-6-11-18/h3-4,7-8H,2,5-6,9-13H2,1H3,(H,17,19). The SMILES string of the molecule is COc1ccccc1OCCNC(=O)CN1CCCCC1. The number of carbonyl (C=O) groups is 1. The summed E-state index contributed by atoms with van der Waals surface area (Å²) in [5, 5.41) is 2.89. The number of rotatable bonds is 7. The lowest BCUT2D eigenvalue weighted by Crippen LogP contribution is -2.40. The van der Waals surface area contributed by atoms with Gasteiger partial charge in [0.25, 0.3) is 0 Å². The predicted molar refractivity (Wildman–Crippen MR) is 81.8 cm³/mol. The van der Waals surface area contributed by atoms with Crippen LogP contribution in [-0.2, 0) is 4.79 Å². The highest BCUT2D eigenvalue weighted by atomic mass is 16.5. The molecule has 1 heterocycles. The van der Waals surface area contributed by atoms with Crippen LogP contribution in [0.2, 0.25) is 0 Å². The van der Waals surface area contributed by atoms with Crippen LogP contribution in [0.5, 0.6) is 11.5 Å². The molecule has 1 N–H and O–H groups in total. The molecule has 1 aliphatic rings. The number of benzene rings is 1. The van der Waals surface area contributed by atoms with Crippen LogP contribution in [0.15, 0.2) is 24.3 Å². The number of piperidine rings is 1. The Labute approximate surface area is 126 Å². The summed E-state index contributed by atoms with van der Waals surface area (Å²) >= 11 is 0. The number of likely N-dealkylation sites (tertiary alicyclic amines) is 1. The summed E-state index contributed by atoms with van der Waals surface area (Å²) in [5.74, 6) is 1.47. The molecular weight excluding hydrogens is 268 g/mol. The normalized spacial score (nSPS) is 15.5. The van der Waals surface area contributed by atoms with Crippen LogP contribution >= 0.6 is 0 Å². The van der Waals surface area contributed by atoms with E-state index >= 15 is 0 Å². The van der Waals surface area contributed by atoms with E-state index in [4.69, 9.17) is 9.47 Å². The summed E-state index contributed by atoms with van der Waals surface area (Å²) in [4.78, 5) is 14.0. The molecule has 1 amide bonds. The second-order valence-corrected chi connectivity index (χ2v) is 5.19. The van der Waals surface area contributed by atoms with Crippen molar-refractivity contribution < 1.29 is 14.3 Å². The molecule has 1 aliphatic heterocycles. The maximum absolute atomic E-state index is 11.8. The molecular formula is C16H24N2O3. The van der Waals surface area contributed by atoms with Gasteiger partial charge in [-0.25, -0.2) is 0 Å². The van der Waals surface area contributed by atoms with Gasteiger partial charge in [0.2, 0.25) is 5.91 Å². The number of methoxy groups -OCH3 is 1. The van der Waals surface area contributed by atoms with Crippen molar-refractivity contribution in [2.45, 2.75) is 19.3 Å². The fourth-order valence-electron chi connectivity index (χ4n) is 2.47. The number of hydrogen-bond acceptors (Lipinski definition) is 4. The van der Waals surface area contributed by atoms with E-state index in [0.717, 1.165) is 13.1 Å². The zero-order valence-electron chi connectivity index (χ0n) is 12.6. The minimum absolute atomic E-state index is 0.0699. The molecule has 21 heavy (non-hydrogen) atoms. The van der Waals surface area contributed by atoms with Gasteiger partial charge in [0.15, 0.2) is 11.5 Å². The van der Waals surface area contributed by atoms with Gasteiger partial charge in [0.1, 0.15) is 6.61 Å². The average molecular weight is 292 g/mol. The lowest BCUT2D eigenvalue weighted by Gasteiger charge is -2.25. The monoisotopic (exact) mass is 292 g/mol. The van der Waals surface area contributed by atoms with Crippen molar-refractivity contribution in [3.8, 4) is 11.5 Å². The second-order valence-electron chi connectivity index (χ2n) is 5.19. The zero-order chi connectivity index (χ0) is 14.9. The number of amides is 1. The summed E-state index contributed by atoms with van der Waals surface area (Å²) < 4.78 is 10.8. The van der Waals surface area contributed by atoms with E-state index in [0.29, 0.717) is 31.2 Å². The third-order valence-electron chi connectivity index (χ3n) is 3.57. The molecule has 0 spiro atoms. The Hall–Kier alpha value is -1.75. The summed E-state index contributed by atoms with van der Waals surface area (Å²) in [6.07, 6.45) is 3.68. The van der Waals surface area contributed by atoms with Crippen molar-refractivity contribution in [3.05, 3.63) is 24.3 Å². The van der Waals surface area contributed by atoms with Gasteiger partial charge in [-0.1, -0.05) is 18.6 Å². The Morgan fingerprint density at radius 3 is 2.62 bits per heavy atom. The molecule has 1 aromatic carbocycles. The molecule has 1 aromatic rings. The van der Waals surface area contributed by atoms with Crippen molar-refractivity contribution in [1.29, 1.82) is 0 Å². The molecule has 0 radical (unpaired) electrons. The van der Waals surface area contributed by atoms with Crippen LogP contribution in [-0.4, -0.2) is 50.7 Å². The van der Waals surface area contributed by atoms with Gasteiger partial charge in [-0.15, -0.1) is 0 Å². The van der Waals surface area contributed by atoms with Crippen molar-refractivity contribution in [1.82, 2.24) is 10.2 Å². The van der Waals surface area contributed by atoms with E-state index in [-0.39, 0.29) is 5.91 Å². The average Bonchev–Trinajstić information content (AvgIpc) is 2.53. The Morgan fingerprint density at radius 1 is 1.19 bits per heavy atom. The third kappa shape index (κ3) is 5.27. The number of nitrogens with zero attached hydrogens (tertiary/aromatic N) is 1. The highest BCUT2D eigenvalue weighted by Crippen LogP contribution is 2.25. The van der Waals surface area contributed by atoms with Crippen LogP contribution in [0.25, 0.3) is 0 Å². The number of carbonyl (C=O) groups excluding carboxylic acids is 1. The number of para-hydroxylation sites is 2. The minimum atomic E-state index is 0.0699. The minimum Gasteiger partial charge on any atom is -0.493 e. The molecule has 1 fully saturated rings. The van der Waals surface area contributed by atoms with Gasteiger partial charge in [-0.05, 0) is 38.1 Å². The van der Waals surface area contributed by atoms with Crippen molar-refractivity contribution in [2.75, 3.05) is 39.9 Å². The molecule has 0 atom stereocenters. The van der Waals surface area contributed by atoms with E-state index in [1.54, 1.807) is 7.11 Å². The maximum Gasteiger partial charge on any atom is 0.234 e. The Kier molecular flexibility index (Phi) is 6.34. The molecule has 0 aliphatic carbocycles. The first-order valence-corrected chi connectivity index (χ1v) is 7.54. The highest BCUT2D eigenvalue weighted by molar-refractivity contribution is 5.78. The molecule has 0 saturated carbocycles. The van der Waals surface area contributed by atoms with E-state index in [2.05, 4.69) is 10.2 Å². The molecule has 0 bridgehead atoms. The molecule has 0 unspecified atom stereocenters. The van der Waals surface area contributed by atoms with Crippen molar-refractivity contribution >= 4 is 5.91 Å². The predicted octanol–water partition coefficient (Wildman–Crippen LogP) is 1.68. The molecule has 5 heteroatoms. The fraction of sp³-hybridized carbons (Fsp3) is 0.562. The number of nitrogens with one attached hydrogen (secondary N) is 1. The van der Waals surface area contributed by atoms with E-state index in [1.807, 2.05) is 24.3 Å². The van der Waals surface area contributed by atoms with Gasteiger partial charge < -0.3 is 14.8 Å². The lowest BCUT2D eigenvalue weighted by molar-refractivity contribution is -0.122. The second kappa shape index (κ2) is 8.52. The number of hydrogen-bond donors (Lipinski definition) is 1. The fourth-order valence-corrected chi connectivity index (χ4v) is 2.47. The van der Waals surface area contributed by atoms with E-state index in [9.17, 15) is 4.79 Å². The van der Waals surface area contributed by atoms with Crippen LogP contribution in [0, 0.1) is 0 Å². The maximum atomic E-state index is 11.8. The van der Waals surface area contributed by atoms with Crippen LogP contribution in [0.3, 0.4) is 0 Å². The van der Waals surface area contributed by atoms with Gasteiger partial charge in [-0.3, -0.25) is 9.69 Å². The zero-order valence-corrected chi connectivity index (χ0v) is 12.6. The Balaban J connectivity index is 1.63. The first-order valence-electron chi connectivity index (χ1n) is 7.54. The van der Waals surface area contributed by atoms with Gasteiger partial charge in [0.05, 0.1) is 20.2 Å². The topological polar surface area (TPSA) is 50.8 Å². The van der Waals surface area contributed by atoms with Gasteiger partial charge >= 0.3 is 0 Å².